The van der Waals surface area contributed by atoms with E-state index in [0.29, 0.717) is 28.4 Å². The van der Waals surface area contributed by atoms with Gasteiger partial charge in [-0.1, -0.05) is 30.3 Å². The average molecular weight is 493 g/mol. The van der Waals surface area contributed by atoms with Crippen LogP contribution in [-0.4, -0.2) is 34.3 Å². The number of hydrogen-bond acceptors (Lipinski definition) is 6. The highest BCUT2D eigenvalue weighted by Crippen LogP contribution is 2.50. The third-order valence-corrected chi connectivity index (χ3v) is 5.81. The van der Waals surface area contributed by atoms with Crippen LogP contribution >= 0.6 is 0 Å². The molecule has 3 aromatic carbocycles. The van der Waals surface area contributed by atoms with Gasteiger partial charge < -0.3 is 24.6 Å². The van der Waals surface area contributed by atoms with E-state index in [9.17, 15) is 18.7 Å². The molecule has 0 radical (unpaired) electrons. The highest BCUT2D eigenvalue weighted by atomic mass is 19.3. The molecule has 2 heterocycles. The molecule has 2 N–H and O–H groups in total. The van der Waals surface area contributed by atoms with Crippen molar-refractivity contribution >= 4 is 17.5 Å². The van der Waals surface area contributed by atoms with Crippen LogP contribution < -0.4 is 19.5 Å². The molecule has 0 aliphatic carbocycles. The number of halogens is 2. The van der Waals surface area contributed by atoms with Crippen molar-refractivity contribution in [3.05, 3.63) is 77.5 Å². The summed E-state index contributed by atoms with van der Waals surface area (Å²) in [6, 6.07) is 16.6. The fourth-order valence-corrected chi connectivity index (χ4v) is 4.17. The van der Waals surface area contributed by atoms with Crippen molar-refractivity contribution in [1.29, 1.82) is 0 Å². The highest BCUT2D eigenvalue weighted by Gasteiger charge is 2.45. The fourth-order valence-electron chi connectivity index (χ4n) is 4.17. The number of carboxylic acid groups (broad SMARTS) is 1. The second kappa shape index (κ2) is 8.56. The van der Waals surface area contributed by atoms with E-state index in [1.54, 1.807) is 35.9 Å². The second-order valence-electron chi connectivity index (χ2n) is 8.15. The Labute approximate surface area is 204 Å². The van der Waals surface area contributed by atoms with E-state index in [1.165, 1.54) is 19.2 Å². The van der Waals surface area contributed by atoms with E-state index >= 15 is 0 Å². The molecule has 0 amide bonds. The molecule has 184 valence electrons. The summed E-state index contributed by atoms with van der Waals surface area (Å²) in [5.74, 6) is -0.681. The number of methoxy groups -OCH3 is 1. The van der Waals surface area contributed by atoms with Crippen LogP contribution in [0.15, 0.2) is 60.7 Å². The molecule has 0 spiro atoms. The maximum absolute atomic E-state index is 14.0. The zero-order valence-corrected chi connectivity index (χ0v) is 19.5. The Kier molecular flexibility index (Phi) is 5.51. The normalized spacial score (nSPS) is 13.5. The summed E-state index contributed by atoms with van der Waals surface area (Å²) in [5.41, 5.74) is 3.09. The van der Waals surface area contributed by atoms with Gasteiger partial charge in [-0.3, -0.25) is 0 Å². The van der Waals surface area contributed by atoms with Crippen LogP contribution in [0.4, 0.5) is 20.3 Å². The van der Waals surface area contributed by atoms with Gasteiger partial charge in [-0.2, -0.15) is 5.10 Å². The minimum absolute atomic E-state index is 0.0418. The van der Waals surface area contributed by atoms with Crippen LogP contribution in [0.2, 0.25) is 0 Å². The summed E-state index contributed by atoms with van der Waals surface area (Å²) in [4.78, 5) is 12.0. The number of para-hydroxylation sites is 2. The molecule has 0 atom stereocenters. The van der Waals surface area contributed by atoms with E-state index < -0.39 is 12.3 Å². The van der Waals surface area contributed by atoms with Crippen molar-refractivity contribution in [2.75, 3.05) is 12.4 Å². The van der Waals surface area contributed by atoms with E-state index in [2.05, 4.69) is 15.2 Å². The predicted octanol–water partition coefficient (Wildman–Crippen LogP) is 5.93. The van der Waals surface area contributed by atoms with E-state index in [1.807, 2.05) is 31.2 Å². The fraction of sp³-hybridized carbons (Fsp3) is 0.154. The van der Waals surface area contributed by atoms with E-state index in [4.69, 9.17) is 9.47 Å². The lowest BCUT2D eigenvalue weighted by molar-refractivity contribution is -0.286. The van der Waals surface area contributed by atoms with Crippen molar-refractivity contribution in [3.63, 3.8) is 0 Å². The number of aromatic carboxylic acids is 1. The van der Waals surface area contributed by atoms with Crippen LogP contribution in [0.1, 0.15) is 21.6 Å². The topological polar surface area (TPSA) is 94.8 Å². The molecule has 1 aliphatic heterocycles. The van der Waals surface area contributed by atoms with Gasteiger partial charge in [-0.15, -0.1) is 8.78 Å². The minimum Gasteiger partial charge on any atom is -0.497 e. The zero-order chi connectivity index (χ0) is 25.6. The van der Waals surface area contributed by atoms with Gasteiger partial charge in [0.15, 0.2) is 11.5 Å². The lowest BCUT2D eigenvalue weighted by Crippen LogP contribution is -2.26. The molecule has 1 aromatic heterocycles. The number of hydrogen-bond donors (Lipinski definition) is 2. The van der Waals surface area contributed by atoms with Crippen molar-refractivity contribution in [3.8, 4) is 34.1 Å². The predicted molar refractivity (Wildman–Crippen MR) is 128 cm³/mol. The summed E-state index contributed by atoms with van der Waals surface area (Å²) in [6.45, 7) is 3.64. The molecule has 0 bridgehead atoms. The Bertz CT molecular complexity index is 1500. The SMILES string of the molecule is COc1ccc(Nc2c(-c3cccc4c3OC(F)(F)O4)c(C)nn2-c2ccccc2C)c(C(=O)O)c1. The Morgan fingerprint density at radius 2 is 1.86 bits per heavy atom. The molecule has 0 saturated heterocycles. The van der Waals surface area contributed by atoms with Crippen molar-refractivity contribution in [2.24, 2.45) is 0 Å². The van der Waals surface area contributed by atoms with Gasteiger partial charge in [0.05, 0.1) is 35.3 Å². The van der Waals surface area contributed by atoms with Gasteiger partial charge in [0.2, 0.25) is 0 Å². The number of carboxylic acids is 1. The maximum Gasteiger partial charge on any atom is 0.586 e. The first-order valence-electron chi connectivity index (χ1n) is 10.9. The smallest absolute Gasteiger partial charge is 0.497 e. The van der Waals surface area contributed by atoms with Crippen molar-refractivity contribution in [1.82, 2.24) is 9.78 Å². The summed E-state index contributed by atoms with van der Waals surface area (Å²) < 4.78 is 44.2. The van der Waals surface area contributed by atoms with Gasteiger partial charge in [0.1, 0.15) is 11.6 Å². The number of benzene rings is 3. The second-order valence-corrected chi connectivity index (χ2v) is 8.15. The molecule has 8 nitrogen and oxygen atoms in total. The number of nitrogens with zero attached hydrogens (tertiary/aromatic N) is 2. The Morgan fingerprint density at radius 1 is 1.08 bits per heavy atom. The zero-order valence-electron chi connectivity index (χ0n) is 19.5. The van der Waals surface area contributed by atoms with E-state index in [0.717, 1.165) is 11.3 Å². The Balaban J connectivity index is 1.75. The third kappa shape index (κ3) is 3.96. The van der Waals surface area contributed by atoms with Crippen molar-refractivity contribution < 1.29 is 32.9 Å². The first kappa shape index (κ1) is 23.2. The number of ether oxygens (including phenoxy) is 3. The molecule has 4 aromatic rings. The number of aryl methyl sites for hydroxylation is 2. The van der Waals surface area contributed by atoms with Crippen LogP contribution in [-0.2, 0) is 0 Å². The quantitative estimate of drug-likeness (QED) is 0.344. The molecular formula is C26H21F2N3O5. The number of anilines is 2. The third-order valence-electron chi connectivity index (χ3n) is 5.81. The average Bonchev–Trinajstić information content (AvgIpc) is 3.33. The van der Waals surface area contributed by atoms with Gasteiger partial charge in [0, 0.05) is 5.56 Å². The van der Waals surface area contributed by atoms with Crippen LogP contribution in [0.3, 0.4) is 0 Å². The van der Waals surface area contributed by atoms with Crippen LogP contribution in [0.25, 0.3) is 16.8 Å². The van der Waals surface area contributed by atoms with Gasteiger partial charge in [0.25, 0.3) is 0 Å². The number of rotatable bonds is 6. The molecule has 5 rings (SSSR count). The molecule has 0 fully saturated rings. The lowest BCUT2D eigenvalue weighted by Gasteiger charge is -2.16. The number of fused-ring (bicyclic) bond motifs is 1. The number of alkyl halides is 2. The maximum atomic E-state index is 14.0. The largest absolute Gasteiger partial charge is 0.586 e. The van der Waals surface area contributed by atoms with Gasteiger partial charge in [-0.25, -0.2) is 9.48 Å². The molecule has 36 heavy (non-hydrogen) atoms. The summed E-state index contributed by atoms with van der Waals surface area (Å²) in [5, 5.41) is 17.7. The highest BCUT2D eigenvalue weighted by molar-refractivity contribution is 5.97. The Morgan fingerprint density at radius 3 is 2.58 bits per heavy atom. The number of nitrogens with one attached hydrogen (secondary N) is 1. The van der Waals surface area contributed by atoms with Crippen LogP contribution in [0.5, 0.6) is 17.2 Å². The van der Waals surface area contributed by atoms with Gasteiger partial charge in [-0.05, 0) is 49.7 Å². The monoisotopic (exact) mass is 493 g/mol. The molecule has 0 saturated carbocycles. The molecular weight excluding hydrogens is 472 g/mol. The van der Waals surface area contributed by atoms with Crippen LogP contribution in [0, 0.1) is 13.8 Å². The number of carbonyl (C=O) groups is 1. The Hall–Kier alpha value is -4.60. The van der Waals surface area contributed by atoms with E-state index in [-0.39, 0.29) is 22.7 Å². The summed E-state index contributed by atoms with van der Waals surface area (Å²) >= 11 is 0. The standard InChI is InChI=1S/C26H21F2N3O5/c1-14-7-4-5-9-20(14)31-24(29-19-12-11-16(34-3)13-18(19)25(32)33)22(15(2)30-31)17-8-6-10-21-23(17)36-26(27,28)35-21/h4-13,29H,1-3H3,(H,32,33). The first-order valence-corrected chi connectivity index (χ1v) is 10.9. The number of aromatic nitrogens is 2. The van der Waals surface area contributed by atoms with Crippen molar-refractivity contribution in [2.45, 2.75) is 20.1 Å². The molecule has 10 heteroatoms. The lowest BCUT2D eigenvalue weighted by atomic mass is 10.0. The molecule has 1 aliphatic rings. The summed E-state index contributed by atoms with van der Waals surface area (Å²) in [7, 11) is 1.44. The molecule has 0 unspecified atom stereocenters. The minimum atomic E-state index is -3.81. The van der Waals surface area contributed by atoms with Gasteiger partial charge >= 0.3 is 12.3 Å². The first-order chi connectivity index (χ1) is 17.2. The summed E-state index contributed by atoms with van der Waals surface area (Å²) in [6.07, 6.45) is -3.81.